The number of alkyl halides is 1. The summed E-state index contributed by atoms with van der Waals surface area (Å²) in [6, 6.07) is 0. The van der Waals surface area contributed by atoms with Gasteiger partial charge in [-0.15, -0.1) is 0 Å². The van der Waals surface area contributed by atoms with Crippen molar-refractivity contribution >= 4 is 22.1 Å². The quantitative estimate of drug-likeness (QED) is 0.461. The van der Waals surface area contributed by atoms with Gasteiger partial charge < -0.3 is 0 Å². The first-order chi connectivity index (χ1) is 3.79. The summed E-state index contributed by atoms with van der Waals surface area (Å²) in [6.45, 7) is 0. The van der Waals surface area contributed by atoms with Crippen LogP contribution in [0.3, 0.4) is 0 Å². The number of nitrogens with one attached hydrogen (secondary N) is 1. The van der Waals surface area contributed by atoms with Crippen molar-refractivity contribution in [1.29, 1.82) is 0 Å². The lowest BCUT2D eigenvalue weighted by Gasteiger charge is -2.00. The summed E-state index contributed by atoms with van der Waals surface area (Å²) >= 11 is 3.40. The van der Waals surface area contributed by atoms with E-state index in [0.717, 1.165) is 12.2 Å². The Morgan fingerprint density at radius 2 is 2.62 bits per heavy atom. The Labute approximate surface area is 56.6 Å². The van der Waals surface area contributed by atoms with Gasteiger partial charge in [-0.3, -0.25) is 10.7 Å². The van der Waals surface area contributed by atoms with Crippen molar-refractivity contribution in [2.75, 3.05) is 0 Å². The second-order valence-corrected chi connectivity index (χ2v) is 2.90. The summed E-state index contributed by atoms with van der Waals surface area (Å²) in [7, 11) is 0. The van der Waals surface area contributed by atoms with E-state index in [-0.39, 0.29) is 0 Å². The van der Waals surface area contributed by atoms with Crippen LogP contribution in [-0.4, -0.2) is 11.0 Å². The van der Waals surface area contributed by atoms with Gasteiger partial charge in [0.25, 0.3) is 5.82 Å². The van der Waals surface area contributed by atoms with Crippen molar-refractivity contribution < 1.29 is 4.99 Å². The fourth-order valence-corrected chi connectivity index (χ4v) is 0.872. The molecule has 0 aliphatic carbocycles. The molecular weight excluding hydrogens is 168 g/mol. The van der Waals surface area contributed by atoms with Crippen LogP contribution in [0.4, 0.5) is 0 Å². The number of halogens is 1. The number of rotatable bonds is 0. The van der Waals surface area contributed by atoms with Gasteiger partial charge >= 0.3 is 0 Å². The zero-order valence-corrected chi connectivity index (χ0v) is 5.98. The molecule has 2 nitrogen and oxygen atoms in total. The molecule has 1 rings (SSSR count). The Morgan fingerprint density at radius 1 is 1.88 bits per heavy atom. The van der Waals surface area contributed by atoms with Crippen LogP contribution in [0, 0.1) is 0 Å². The third-order valence-corrected chi connectivity index (χ3v) is 1.63. The molecular formula is C5H8BrN2+. The second kappa shape index (κ2) is 2.31. The normalized spacial score (nSPS) is 27.6. The molecule has 0 amide bonds. The topological polar surface area (TPSA) is 40.0 Å². The van der Waals surface area contributed by atoms with Crippen molar-refractivity contribution in [3.8, 4) is 0 Å². The fourth-order valence-electron chi connectivity index (χ4n) is 0.553. The second-order valence-electron chi connectivity index (χ2n) is 1.72. The fraction of sp³-hybridized carbons (Fsp3) is 0.400. The Morgan fingerprint density at radius 3 is 3.00 bits per heavy atom. The molecule has 0 aromatic carbocycles. The van der Waals surface area contributed by atoms with Gasteiger partial charge in [-0.05, 0) is 6.42 Å². The number of hydrogen-bond donors (Lipinski definition) is 2. The predicted octanol–water partition coefficient (Wildman–Crippen LogP) is -0.895. The van der Waals surface area contributed by atoms with Crippen LogP contribution < -0.4 is 10.7 Å². The maximum absolute atomic E-state index is 5.39. The number of allylic oxidation sites excluding steroid dienone is 1. The van der Waals surface area contributed by atoms with Crippen LogP contribution in [0.15, 0.2) is 11.9 Å². The molecule has 0 bridgehead atoms. The van der Waals surface area contributed by atoms with E-state index >= 15 is 0 Å². The molecule has 0 spiro atoms. The Kier molecular flexibility index (Phi) is 1.68. The van der Waals surface area contributed by atoms with E-state index in [1.807, 2.05) is 12.3 Å². The van der Waals surface area contributed by atoms with E-state index in [0.29, 0.717) is 4.83 Å². The van der Waals surface area contributed by atoms with E-state index in [1.165, 1.54) is 0 Å². The van der Waals surface area contributed by atoms with Gasteiger partial charge in [-0.25, -0.2) is 0 Å². The van der Waals surface area contributed by atoms with Crippen molar-refractivity contribution in [3.05, 3.63) is 11.9 Å². The zero-order chi connectivity index (χ0) is 5.98. The zero-order valence-electron chi connectivity index (χ0n) is 4.39. The van der Waals surface area contributed by atoms with E-state index in [4.69, 9.17) is 5.73 Å². The molecule has 1 aliphatic heterocycles. The first kappa shape index (κ1) is 5.82. The molecule has 3 heteroatoms. The van der Waals surface area contributed by atoms with Crippen LogP contribution in [0.1, 0.15) is 6.42 Å². The minimum absolute atomic E-state index is 0.440. The Bertz CT molecular complexity index is 139. The molecule has 0 aromatic heterocycles. The van der Waals surface area contributed by atoms with Gasteiger partial charge in [0.2, 0.25) is 0 Å². The summed E-state index contributed by atoms with van der Waals surface area (Å²) in [5.41, 5.74) is 5.39. The third kappa shape index (κ3) is 1.33. The van der Waals surface area contributed by atoms with Crippen molar-refractivity contribution in [2.45, 2.75) is 11.2 Å². The molecule has 8 heavy (non-hydrogen) atoms. The predicted molar refractivity (Wildman–Crippen MR) is 36.6 cm³/mol. The number of nitrogens with two attached hydrogens (primary N) is 1. The minimum atomic E-state index is 0.440. The lowest BCUT2D eigenvalue weighted by Crippen LogP contribution is -2.71. The molecule has 0 saturated heterocycles. The monoisotopic (exact) mass is 175 g/mol. The smallest absolute Gasteiger partial charge is 0.265 e. The largest absolute Gasteiger partial charge is 0.287 e. The Balaban J connectivity index is 2.58. The van der Waals surface area contributed by atoms with Gasteiger partial charge in [-0.2, -0.15) is 0 Å². The molecule has 0 radical (unpaired) electrons. The van der Waals surface area contributed by atoms with Crippen LogP contribution >= 0.6 is 15.9 Å². The van der Waals surface area contributed by atoms with E-state index in [1.54, 1.807) is 0 Å². The SMILES string of the molecule is NC1=CCC(Br)C=[NH+]1. The molecule has 3 N–H and O–H groups in total. The van der Waals surface area contributed by atoms with Gasteiger partial charge in [0.15, 0.2) is 0 Å². The molecule has 44 valence electrons. The average molecular weight is 176 g/mol. The molecule has 1 atom stereocenters. The van der Waals surface area contributed by atoms with Gasteiger partial charge in [-0.1, -0.05) is 15.9 Å². The van der Waals surface area contributed by atoms with Gasteiger partial charge in [0, 0.05) is 6.08 Å². The summed E-state index contributed by atoms with van der Waals surface area (Å²) in [6.07, 6.45) is 4.87. The Hall–Kier alpha value is -0.310. The van der Waals surface area contributed by atoms with Crippen molar-refractivity contribution in [1.82, 2.24) is 0 Å². The lowest BCUT2D eigenvalue weighted by atomic mass is 10.3. The highest BCUT2D eigenvalue weighted by Gasteiger charge is 2.05. The van der Waals surface area contributed by atoms with Crippen LogP contribution in [0.25, 0.3) is 0 Å². The van der Waals surface area contributed by atoms with Crippen LogP contribution in [0.2, 0.25) is 0 Å². The highest BCUT2D eigenvalue weighted by Crippen LogP contribution is 2.02. The van der Waals surface area contributed by atoms with E-state index < -0.39 is 0 Å². The highest BCUT2D eigenvalue weighted by atomic mass is 79.9. The van der Waals surface area contributed by atoms with E-state index in [9.17, 15) is 0 Å². The van der Waals surface area contributed by atoms with Crippen molar-refractivity contribution in [3.63, 3.8) is 0 Å². The summed E-state index contributed by atoms with van der Waals surface area (Å²) < 4.78 is 0. The summed E-state index contributed by atoms with van der Waals surface area (Å²) in [4.78, 5) is 3.34. The first-order valence-corrected chi connectivity index (χ1v) is 3.40. The number of hydrogen-bond acceptors (Lipinski definition) is 1. The average Bonchev–Trinajstić information content (AvgIpc) is 1.77. The minimum Gasteiger partial charge on any atom is -0.287 e. The molecule has 1 aliphatic rings. The van der Waals surface area contributed by atoms with E-state index in [2.05, 4.69) is 20.9 Å². The molecule has 0 saturated carbocycles. The molecule has 0 aromatic rings. The van der Waals surface area contributed by atoms with Crippen molar-refractivity contribution in [2.24, 2.45) is 5.73 Å². The first-order valence-electron chi connectivity index (χ1n) is 2.48. The van der Waals surface area contributed by atoms with Crippen LogP contribution in [0.5, 0.6) is 0 Å². The maximum atomic E-state index is 5.39. The molecule has 1 heterocycles. The summed E-state index contributed by atoms with van der Waals surface area (Å²) in [5.74, 6) is 0.751. The lowest BCUT2D eigenvalue weighted by molar-refractivity contribution is -0.396. The third-order valence-electron chi connectivity index (χ3n) is 0.994. The molecule has 1 unspecified atom stereocenters. The molecule has 0 fully saturated rings. The summed E-state index contributed by atoms with van der Waals surface area (Å²) in [5, 5.41) is 0. The maximum Gasteiger partial charge on any atom is 0.265 e. The standard InChI is InChI=1S/C5H7BrN2/c6-4-1-2-5(7)8-3-4/h2-4H,1,7H2/p+1. The van der Waals surface area contributed by atoms with Gasteiger partial charge in [0.05, 0.1) is 11.0 Å². The van der Waals surface area contributed by atoms with Crippen LogP contribution in [-0.2, 0) is 0 Å². The van der Waals surface area contributed by atoms with Gasteiger partial charge in [0.1, 0.15) is 0 Å². The highest BCUT2D eigenvalue weighted by molar-refractivity contribution is 9.09.